The molecule has 59 heavy (non-hydrogen) atoms. The van der Waals surface area contributed by atoms with E-state index >= 15 is 0 Å². The lowest BCUT2D eigenvalue weighted by molar-refractivity contribution is -0.245. The third-order valence-electron chi connectivity index (χ3n) is 11.7. The summed E-state index contributed by atoms with van der Waals surface area (Å²) in [5.74, 6) is -3.08. The van der Waals surface area contributed by atoms with Gasteiger partial charge in [-0.2, -0.15) is 11.8 Å². The normalized spacial score (nSPS) is 26.5. The van der Waals surface area contributed by atoms with Crippen LogP contribution in [-0.2, 0) is 33.7 Å². The van der Waals surface area contributed by atoms with Gasteiger partial charge in [0.1, 0.15) is 13.1 Å². The lowest BCUT2D eigenvalue weighted by Crippen LogP contribution is -2.53. The molecule has 4 fully saturated rings. The van der Waals surface area contributed by atoms with E-state index in [-0.39, 0.29) is 80.6 Å². The molecule has 0 aromatic rings. The first-order valence-electron chi connectivity index (χ1n) is 20.7. The average Bonchev–Trinajstić information content (AvgIpc) is 3.74. The maximum absolute atomic E-state index is 13.2. The molecule has 0 bridgehead atoms. The zero-order valence-corrected chi connectivity index (χ0v) is 34.6. The van der Waals surface area contributed by atoms with Crippen LogP contribution in [0.15, 0.2) is 0 Å². The van der Waals surface area contributed by atoms with Crippen molar-refractivity contribution in [3.05, 3.63) is 0 Å². The fourth-order valence-electron chi connectivity index (χ4n) is 8.67. The molecule has 4 rings (SSSR count). The molecule has 1 aliphatic carbocycles. The lowest BCUT2D eigenvalue weighted by atomic mass is 9.82. The number of fused-ring (bicyclic) bond motifs is 1. The summed E-state index contributed by atoms with van der Waals surface area (Å²) in [6, 6.07) is -0.483. The highest BCUT2D eigenvalue weighted by molar-refractivity contribution is 8.00. The molecule has 4 aliphatic rings. The van der Waals surface area contributed by atoms with Crippen LogP contribution in [0.3, 0.4) is 0 Å². The molecule has 0 aromatic carbocycles. The Morgan fingerprint density at radius 2 is 1.41 bits per heavy atom. The Morgan fingerprint density at radius 3 is 2.02 bits per heavy atom. The zero-order valence-electron chi connectivity index (χ0n) is 33.8. The van der Waals surface area contributed by atoms with E-state index in [2.05, 4.69) is 35.5 Å². The number of nitrogens with one attached hydrogen (secondary N) is 3. The summed E-state index contributed by atoms with van der Waals surface area (Å²) in [4.78, 5) is 91.2. The van der Waals surface area contributed by atoms with Gasteiger partial charge in [-0.05, 0) is 50.9 Å². The molecule has 0 aromatic heterocycles. The van der Waals surface area contributed by atoms with Gasteiger partial charge in [-0.3, -0.25) is 54.1 Å². The van der Waals surface area contributed by atoms with Crippen molar-refractivity contribution in [3.63, 3.8) is 0 Å². The number of urea groups is 1. The van der Waals surface area contributed by atoms with Crippen LogP contribution >= 0.6 is 11.8 Å². The molecule has 22 heteroatoms. The first-order valence-corrected chi connectivity index (χ1v) is 21.7. The molecular weight excluding hydrogens is 797 g/mol. The molecule has 8 N–H and O–H groups in total. The van der Waals surface area contributed by atoms with E-state index in [4.69, 9.17) is 10.5 Å². The highest BCUT2D eigenvalue weighted by atomic mass is 32.2. The van der Waals surface area contributed by atoms with Gasteiger partial charge in [0.2, 0.25) is 11.8 Å². The minimum absolute atomic E-state index is 0.0602. The summed E-state index contributed by atoms with van der Waals surface area (Å²) >= 11 is 1.79. The van der Waals surface area contributed by atoms with Crippen molar-refractivity contribution in [2.45, 2.75) is 87.2 Å². The highest BCUT2D eigenvalue weighted by Gasteiger charge is 2.42. The van der Waals surface area contributed by atoms with E-state index in [0.717, 1.165) is 23.5 Å². The van der Waals surface area contributed by atoms with Gasteiger partial charge >= 0.3 is 23.9 Å². The molecule has 0 radical (unpaired) electrons. The number of aliphatic carboxylic acids is 3. The van der Waals surface area contributed by atoms with E-state index in [1.165, 1.54) is 0 Å². The van der Waals surface area contributed by atoms with Crippen LogP contribution in [-0.4, -0.2) is 220 Å². The van der Waals surface area contributed by atoms with Gasteiger partial charge in [0.05, 0.1) is 38.4 Å². The Morgan fingerprint density at radius 1 is 0.780 bits per heavy atom. The van der Waals surface area contributed by atoms with Crippen molar-refractivity contribution in [3.8, 4) is 0 Å². The smallest absolute Gasteiger partial charge is 0.323 e. The van der Waals surface area contributed by atoms with Gasteiger partial charge in [-0.15, -0.1) is 0 Å². The number of carboxylic acid groups (broad SMARTS) is 3. The van der Waals surface area contributed by atoms with Crippen LogP contribution in [0.4, 0.5) is 4.79 Å². The number of unbranched alkanes of at least 4 members (excludes halogenated alkanes) is 1. The van der Waals surface area contributed by atoms with Gasteiger partial charge in [0, 0.05) is 88.4 Å². The summed E-state index contributed by atoms with van der Waals surface area (Å²) < 4.78 is 0. The third kappa shape index (κ3) is 17.3. The summed E-state index contributed by atoms with van der Waals surface area (Å²) in [5, 5.41) is 56.3. The number of carboxylic acids is 3. The quantitative estimate of drug-likeness (QED) is 0.0293. The van der Waals surface area contributed by atoms with Crippen molar-refractivity contribution in [1.82, 2.24) is 40.4 Å². The number of carbonyl (C=O) groups excluding carboxylic acids is 3. The molecule has 3 aliphatic heterocycles. The molecular formula is C37H64N8O13S. The number of nitrogens with zero attached hydrogens (tertiary/aromatic N) is 5. The average molecular weight is 861 g/mol. The number of thioether (sulfide) groups is 1. The summed E-state index contributed by atoms with van der Waals surface area (Å²) in [5.41, 5.74) is 0. The molecule has 336 valence electrons. The van der Waals surface area contributed by atoms with Gasteiger partial charge in [-0.1, -0.05) is 6.42 Å². The predicted molar refractivity (Wildman–Crippen MR) is 214 cm³/mol. The molecule has 3 heterocycles. The van der Waals surface area contributed by atoms with Crippen LogP contribution in [0.5, 0.6) is 0 Å². The van der Waals surface area contributed by atoms with Gasteiger partial charge in [-0.25, -0.2) is 14.6 Å². The van der Waals surface area contributed by atoms with E-state index < -0.39 is 36.3 Å². The molecule has 4 unspecified atom stereocenters. The van der Waals surface area contributed by atoms with E-state index in [1.54, 1.807) is 11.8 Å². The van der Waals surface area contributed by atoms with Crippen molar-refractivity contribution >= 4 is 47.5 Å². The van der Waals surface area contributed by atoms with Crippen LogP contribution in [0.2, 0.25) is 0 Å². The molecule has 21 nitrogen and oxygen atoms in total. The highest BCUT2D eigenvalue weighted by Crippen LogP contribution is 2.33. The topological polar surface area (TPSA) is 274 Å². The van der Waals surface area contributed by atoms with Crippen LogP contribution in [0.1, 0.15) is 57.8 Å². The molecule has 0 spiro atoms. The maximum Gasteiger partial charge on any atom is 0.323 e. The Bertz CT molecular complexity index is 1380. The summed E-state index contributed by atoms with van der Waals surface area (Å²) in [6.07, 6.45) is 5.46. The van der Waals surface area contributed by atoms with Crippen molar-refractivity contribution in [2.75, 3.05) is 104 Å². The molecule has 1 saturated carbocycles. The number of amides is 4. The van der Waals surface area contributed by atoms with Gasteiger partial charge in [0.15, 0.2) is 0 Å². The second-order valence-electron chi connectivity index (χ2n) is 16.0. The van der Waals surface area contributed by atoms with E-state index in [0.29, 0.717) is 97.4 Å². The molecule has 3 saturated heterocycles. The Labute approximate surface area is 348 Å². The monoisotopic (exact) mass is 860 g/mol. The molecule has 4 amide bonds. The number of carbonyl (C=O) groups is 6. The first-order chi connectivity index (χ1) is 28.3. The first kappa shape index (κ1) is 48.3. The second-order valence-corrected chi connectivity index (χ2v) is 17.3. The predicted octanol–water partition coefficient (Wildman–Crippen LogP) is -0.571. The SMILES string of the molecule is O=C(O)CN1CCN(CCOO)CCN(CCOO)CCN(CC(=O)O)C(CC2CCC(NC(=O)CN(CC(=O)O)C(=O)CCCCC3SCC4NC(=O)NC43)CC2)C1. The van der Waals surface area contributed by atoms with Crippen LogP contribution in [0, 0.1) is 5.92 Å². The van der Waals surface area contributed by atoms with Gasteiger partial charge < -0.3 is 36.2 Å². The van der Waals surface area contributed by atoms with E-state index in [9.17, 15) is 44.1 Å². The summed E-state index contributed by atoms with van der Waals surface area (Å²) in [7, 11) is 0. The largest absolute Gasteiger partial charge is 0.480 e. The third-order valence-corrected chi connectivity index (χ3v) is 13.3. The Kier molecular flexibility index (Phi) is 20.8. The van der Waals surface area contributed by atoms with Crippen LogP contribution < -0.4 is 16.0 Å². The van der Waals surface area contributed by atoms with Crippen LogP contribution in [0.25, 0.3) is 0 Å². The zero-order chi connectivity index (χ0) is 42.7. The van der Waals surface area contributed by atoms with Crippen molar-refractivity contribution < 1.29 is 64.4 Å². The van der Waals surface area contributed by atoms with Crippen molar-refractivity contribution in [1.29, 1.82) is 0 Å². The van der Waals surface area contributed by atoms with E-state index in [1.807, 2.05) is 9.80 Å². The fraction of sp³-hybridized carbons (Fsp3) is 0.838. The second kappa shape index (κ2) is 25.4. The number of hydrogen-bond donors (Lipinski definition) is 8. The minimum Gasteiger partial charge on any atom is -0.480 e. The van der Waals surface area contributed by atoms with Crippen molar-refractivity contribution in [2.24, 2.45) is 5.92 Å². The Balaban J connectivity index is 1.32. The number of hydrogen-bond acceptors (Lipinski definition) is 15. The standard InChI is InChI=1S/C37H64N8O13S/c46-31(21-45(24-35(52)53)32(47)4-2-1-3-30-36-29(25-59-30)39-37(54)40-36)38-27-7-5-26(6-8-27)19-28-20-43(22-33(48)49)12-11-41(15-17-57-55)9-10-42(16-18-58-56)13-14-44(28)23-34(50)51/h26-30,36,55-56H,1-25H2,(H,38,46)(H,48,49)(H,50,51)(H,52,53)(H2,39,40,54). The minimum atomic E-state index is -1.21. The number of rotatable bonds is 22. The Hall–Kier alpha value is -3.35. The molecule has 4 atom stereocenters. The maximum atomic E-state index is 13.2. The lowest BCUT2D eigenvalue weighted by Gasteiger charge is -2.40. The fourth-order valence-corrected chi connectivity index (χ4v) is 10.2. The van der Waals surface area contributed by atoms with Gasteiger partial charge in [0.25, 0.3) is 0 Å². The summed E-state index contributed by atoms with van der Waals surface area (Å²) in [6.45, 7) is 2.63.